The zero-order valence-electron chi connectivity index (χ0n) is 8.92. The van der Waals surface area contributed by atoms with Crippen molar-refractivity contribution in [2.24, 2.45) is 0 Å². The first-order valence-corrected chi connectivity index (χ1v) is 5.95. The van der Waals surface area contributed by atoms with Crippen molar-refractivity contribution in [3.8, 4) is 0 Å². The number of carbonyl (C=O) groups excluding carboxylic acids is 1. The maximum Gasteiger partial charge on any atom is 0.236 e. The number of halogens is 1. The average molecular weight is 247 g/mol. The van der Waals surface area contributed by atoms with Gasteiger partial charge in [-0.1, -0.05) is 11.6 Å². The molecule has 0 saturated carbocycles. The fourth-order valence-electron chi connectivity index (χ4n) is 1.17. The third kappa shape index (κ3) is 4.20. The van der Waals surface area contributed by atoms with Crippen LogP contribution in [0.1, 0.15) is 4.88 Å². The van der Waals surface area contributed by atoms with Gasteiger partial charge in [-0.25, -0.2) is 0 Å². The second-order valence-corrected chi connectivity index (χ2v) is 5.10. The zero-order valence-corrected chi connectivity index (χ0v) is 10.5. The SMILES string of the molecule is CNCC(=O)N(C)CCc1ccc(Cl)s1. The lowest BCUT2D eigenvalue weighted by molar-refractivity contribution is -0.128. The molecule has 5 heteroatoms. The first kappa shape index (κ1) is 12.5. The number of hydrogen-bond donors (Lipinski definition) is 1. The lowest BCUT2D eigenvalue weighted by Gasteiger charge is -2.16. The Balaban J connectivity index is 2.33. The molecule has 1 aromatic heterocycles. The van der Waals surface area contributed by atoms with Crippen LogP contribution in [0.15, 0.2) is 12.1 Å². The van der Waals surface area contributed by atoms with Crippen LogP contribution in [0.4, 0.5) is 0 Å². The minimum atomic E-state index is 0.111. The first-order valence-electron chi connectivity index (χ1n) is 4.76. The molecule has 0 spiro atoms. The van der Waals surface area contributed by atoms with Gasteiger partial charge in [0.2, 0.25) is 5.91 Å². The van der Waals surface area contributed by atoms with E-state index in [1.807, 2.05) is 19.2 Å². The van der Waals surface area contributed by atoms with Gasteiger partial charge in [0.25, 0.3) is 0 Å². The molecule has 0 saturated heterocycles. The van der Waals surface area contributed by atoms with Gasteiger partial charge < -0.3 is 10.2 Å². The lowest BCUT2D eigenvalue weighted by Crippen LogP contribution is -2.35. The average Bonchev–Trinajstić information content (AvgIpc) is 2.61. The van der Waals surface area contributed by atoms with Crippen molar-refractivity contribution in [1.29, 1.82) is 0 Å². The van der Waals surface area contributed by atoms with E-state index < -0.39 is 0 Å². The van der Waals surface area contributed by atoms with Crippen molar-refractivity contribution < 1.29 is 4.79 Å². The molecule has 0 atom stereocenters. The molecule has 84 valence electrons. The van der Waals surface area contributed by atoms with E-state index in [1.165, 1.54) is 4.88 Å². The molecule has 0 bridgehead atoms. The summed E-state index contributed by atoms with van der Waals surface area (Å²) in [5.41, 5.74) is 0. The molecule has 1 rings (SSSR count). The number of nitrogens with zero attached hydrogens (tertiary/aromatic N) is 1. The predicted octanol–water partition coefficient (Wildman–Crippen LogP) is 1.62. The standard InChI is InChI=1S/C10H15ClN2OS/c1-12-7-10(14)13(2)6-5-8-3-4-9(11)15-8/h3-4,12H,5-7H2,1-2H3. The monoisotopic (exact) mass is 246 g/mol. The van der Waals surface area contributed by atoms with Crippen molar-refractivity contribution in [3.05, 3.63) is 21.3 Å². The van der Waals surface area contributed by atoms with E-state index in [1.54, 1.807) is 23.3 Å². The third-order valence-corrected chi connectivity index (χ3v) is 3.37. The van der Waals surface area contributed by atoms with E-state index in [0.717, 1.165) is 17.3 Å². The molecule has 0 aromatic carbocycles. The Morgan fingerprint density at radius 3 is 2.87 bits per heavy atom. The van der Waals surface area contributed by atoms with Gasteiger partial charge in [-0.05, 0) is 25.6 Å². The third-order valence-electron chi connectivity index (χ3n) is 2.08. The Bertz CT molecular complexity index is 327. The minimum absolute atomic E-state index is 0.111. The molecule has 1 heterocycles. The number of rotatable bonds is 5. The van der Waals surface area contributed by atoms with Crippen LogP contribution >= 0.6 is 22.9 Å². The molecule has 15 heavy (non-hydrogen) atoms. The fraction of sp³-hybridized carbons (Fsp3) is 0.500. The highest BCUT2D eigenvalue weighted by Crippen LogP contribution is 2.21. The van der Waals surface area contributed by atoms with Gasteiger partial charge in [-0.2, -0.15) is 0 Å². The highest BCUT2D eigenvalue weighted by atomic mass is 35.5. The summed E-state index contributed by atoms with van der Waals surface area (Å²) in [7, 11) is 3.58. The summed E-state index contributed by atoms with van der Waals surface area (Å²) in [6, 6.07) is 3.89. The van der Waals surface area contributed by atoms with Crippen LogP contribution < -0.4 is 5.32 Å². The molecule has 0 unspecified atom stereocenters. The highest BCUT2D eigenvalue weighted by Gasteiger charge is 2.07. The van der Waals surface area contributed by atoms with Gasteiger partial charge >= 0.3 is 0 Å². The summed E-state index contributed by atoms with van der Waals surface area (Å²) in [6.45, 7) is 1.12. The number of thiophene rings is 1. The number of hydrogen-bond acceptors (Lipinski definition) is 3. The van der Waals surface area contributed by atoms with Crippen LogP contribution in [0, 0.1) is 0 Å². The molecule has 0 aliphatic rings. The van der Waals surface area contributed by atoms with E-state index in [2.05, 4.69) is 5.32 Å². The second kappa shape index (κ2) is 6.10. The molecule has 0 fully saturated rings. The molecule has 1 aromatic rings. The molecule has 1 N–H and O–H groups in total. The Morgan fingerprint density at radius 1 is 1.60 bits per heavy atom. The quantitative estimate of drug-likeness (QED) is 0.857. The molecular weight excluding hydrogens is 232 g/mol. The summed E-state index contributed by atoms with van der Waals surface area (Å²) in [5.74, 6) is 0.111. The topological polar surface area (TPSA) is 32.3 Å². The Kier molecular flexibility index (Phi) is 5.08. The molecule has 0 radical (unpaired) electrons. The number of carbonyl (C=O) groups is 1. The van der Waals surface area contributed by atoms with Crippen LogP contribution in [0.25, 0.3) is 0 Å². The van der Waals surface area contributed by atoms with Crippen molar-refractivity contribution in [2.75, 3.05) is 27.2 Å². The summed E-state index contributed by atoms with van der Waals surface area (Å²) >= 11 is 7.38. The minimum Gasteiger partial charge on any atom is -0.344 e. The van der Waals surface area contributed by atoms with E-state index in [-0.39, 0.29) is 5.91 Å². The largest absolute Gasteiger partial charge is 0.344 e. The molecule has 1 amide bonds. The van der Waals surface area contributed by atoms with Gasteiger partial charge in [0, 0.05) is 18.5 Å². The second-order valence-electron chi connectivity index (χ2n) is 3.30. The maximum absolute atomic E-state index is 11.4. The number of amides is 1. The van der Waals surface area contributed by atoms with Crippen LogP contribution in [0.5, 0.6) is 0 Å². The summed E-state index contributed by atoms with van der Waals surface area (Å²) in [4.78, 5) is 14.3. The summed E-state index contributed by atoms with van der Waals surface area (Å²) in [5, 5.41) is 2.84. The van der Waals surface area contributed by atoms with E-state index in [9.17, 15) is 4.79 Å². The molecular formula is C10H15ClN2OS. The van der Waals surface area contributed by atoms with Gasteiger partial charge in [-0.15, -0.1) is 11.3 Å². The van der Waals surface area contributed by atoms with Crippen LogP contribution in [-0.4, -0.2) is 38.0 Å². The number of likely N-dealkylation sites (N-methyl/N-ethyl adjacent to an activating group) is 2. The lowest BCUT2D eigenvalue weighted by atomic mass is 10.3. The normalized spacial score (nSPS) is 10.3. The Labute approximate surface area is 99.0 Å². The highest BCUT2D eigenvalue weighted by molar-refractivity contribution is 7.16. The smallest absolute Gasteiger partial charge is 0.236 e. The van der Waals surface area contributed by atoms with Gasteiger partial charge in [0.05, 0.1) is 10.9 Å². The predicted molar refractivity (Wildman–Crippen MR) is 64.6 cm³/mol. The maximum atomic E-state index is 11.4. The van der Waals surface area contributed by atoms with E-state index in [4.69, 9.17) is 11.6 Å². The van der Waals surface area contributed by atoms with Crippen molar-refractivity contribution in [2.45, 2.75) is 6.42 Å². The van der Waals surface area contributed by atoms with Crippen molar-refractivity contribution in [3.63, 3.8) is 0 Å². The van der Waals surface area contributed by atoms with Gasteiger partial charge in [0.15, 0.2) is 0 Å². The van der Waals surface area contributed by atoms with Gasteiger partial charge in [-0.3, -0.25) is 4.79 Å². The Morgan fingerprint density at radius 2 is 2.33 bits per heavy atom. The van der Waals surface area contributed by atoms with E-state index in [0.29, 0.717) is 6.54 Å². The van der Waals surface area contributed by atoms with Crippen molar-refractivity contribution >= 4 is 28.8 Å². The fourth-order valence-corrected chi connectivity index (χ4v) is 2.25. The van der Waals surface area contributed by atoms with Gasteiger partial charge in [0.1, 0.15) is 0 Å². The van der Waals surface area contributed by atoms with Crippen LogP contribution in [0.3, 0.4) is 0 Å². The molecule has 0 aliphatic carbocycles. The molecule has 0 aliphatic heterocycles. The summed E-state index contributed by atoms with van der Waals surface area (Å²) in [6.07, 6.45) is 0.864. The first-order chi connectivity index (χ1) is 7.13. The molecule has 3 nitrogen and oxygen atoms in total. The van der Waals surface area contributed by atoms with Crippen molar-refractivity contribution in [1.82, 2.24) is 10.2 Å². The van der Waals surface area contributed by atoms with Crippen LogP contribution in [-0.2, 0) is 11.2 Å². The van der Waals surface area contributed by atoms with Crippen LogP contribution in [0.2, 0.25) is 4.34 Å². The number of nitrogens with one attached hydrogen (secondary N) is 1. The Hall–Kier alpha value is -0.580. The summed E-state index contributed by atoms with van der Waals surface area (Å²) < 4.78 is 0.800. The van der Waals surface area contributed by atoms with E-state index >= 15 is 0 Å². The zero-order chi connectivity index (χ0) is 11.3.